The summed E-state index contributed by atoms with van der Waals surface area (Å²) < 4.78 is 9.96. The SMILES string of the molecule is COc1cccc(N)c1.COc1cccc(NC(=O)c2ccc(O)cc2O)c1. The lowest BCUT2D eigenvalue weighted by molar-refractivity contribution is 0.102. The highest BCUT2D eigenvalue weighted by molar-refractivity contribution is 6.06. The Labute approximate surface area is 163 Å². The number of methoxy groups -OCH3 is 2. The second kappa shape index (κ2) is 9.72. The molecular formula is C21H22N2O5. The molecule has 0 aliphatic rings. The van der Waals surface area contributed by atoms with Gasteiger partial charge < -0.3 is 30.7 Å². The largest absolute Gasteiger partial charge is 0.508 e. The van der Waals surface area contributed by atoms with Crippen molar-refractivity contribution < 1.29 is 24.5 Å². The molecule has 7 nitrogen and oxygen atoms in total. The van der Waals surface area contributed by atoms with Crippen LogP contribution in [-0.2, 0) is 0 Å². The molecule has 0 aromatic heterocycles. The number of carbonyl (C=O) groups is 1. The Morgan fingerprint density at radius 1 is 0.893 bits per heavy atom. The molecule has 0 bridgehead atoms. The fourth-order valence-corrected chi connectivity index (χ4v) is 2.25. The van der Waals surface area contributed by atoms with Crippen molar-refractivity contribution in [3.63, 3.8) is 0 Å². The van der Waals surface area contributed by atoms with E-state index in [0.29, 0.717) is 11.4 Å². The van der Waals surface area contributed by atoms with E-state index in [0.717, 1.165) is 17.5 Å². The Morgan fingerprint density at radius 3 is 2.11 bits per heavy atom. The zero-order chi connectivity index (χ0) is 20.5. The highest BCUT2D eigenvalue weighted by Crippen LogP contribution is 2.24. The van der Waals surface area contributed by atoms with Crippen LogP contribution in [0.3, 0.4) is 0 Å². The summed E-state index contributed by atoms with van der Waals surface area (Å²) in [5.74, 6) is 0.573. The molecule has 28 heavy (non-hydrogen) atoms. The zero-order valence-electron chi connectivity index (χ0n) is 15.5. The van der Waals surface area contributed by atoms with Gasteiger partial charge in [0.15, 0.2) is 0 Å². The average Bonchev–Trinajstić information content (AvgIpc) is 2.68. The van der Waals surface area contributed by atoms with Gasteiger partial charge in [-0.2, -0.15) is 0 Å². The number of hydrogen-bond donors (Lipinski definition) is 4. The second-order valence-corrected chi connectivity index (χ2v) is 5.66. The van der Waals surface area contributed by atoms with Gasteiger partial charge in [0.05, 0.1) is 19.8 Å². The van der Waals surface area contributed by atoms with Crippen LogP contribution in [-0.4, -0.2) is 30.3 Å². The van der Waals surface area contributed by atoms with Crippen molar-refractivity contribution in [3.05, 3.63) is 72.3 Å². The third-order valence-corrected chi connectivity index (χ3v) is 3.65. The van der Waals surface area contributed by atoms with Crippen molar-refractivity contribution in [2.24, 2.45) is 0 Å². The number of amides is 1. The quantitative estimate of drug-likeness (QED) is 0.512. The summed E-state index contributed by atoms with van der Waals surface area (Å²) in [7, 11) is 3.15. The van der Waals surface area contributed by atoms with E-state index in [1.54, 1.807) is 37.4 Å². The minimum atomic E-state index is -0.467. The number of hydrogen-bond acceptors (Lipinski definition) is 6. The number of anilines is 2. The first-order valence-electron chi connectivity index (χ1n) is 8.30. The first-order valence-corrected chi connectivity index (χ1v) is 8.30. The van der Waals surface area contributed by atoms with Gasteiger partial charge >= 0.3 is 0 Å². The Balaban J connectivity index is 0.000000261. The van der Waals surface area contributed by atoms with E-state index in [1.165, 1.54) is 19.2 Å². The van der Waals surface area contributed by atoms with Gasteiger partial charge in [0.1, 0.15) is 23.0 Å². The molecule has 0 aliphatic carbocycles. The van der Waals surface area contributed by atoms with E-state index in [2.05, 4.69) is 5.32 Å². The molecule has 3 aromatic rings. The molecule has 0 unspecified atom stereocenters. The standard InChI is InChI=1S/C14H13NO4.C7H9NO/c1-19-11-4-2-3-9(7-11)15-14(18)12-6-5-10(16)8-13(12)17;1-9-7-4-2-3-6(8)5-7/h2-8,16-17H,1H3,(H,15,18);2-5H,8H2,1H3. The van der Waals surface area contributed by atoms with Gasteiger partial charge in [-0.05, 0) is 36.4 Å². The molecule has 7 heteroatoms. The average molecular weight is 382 g/mol. The van der Waals surface area contributed by atoms with E-state index in [-0.39, 0.29) is 17.1 Å². The van der Waals surface area contributed by atoms with Gasteiger partial charge in [-0.3, -0.25) is 4.79 Å². The molecule has 146 valence electrons. The summed E-state index contributed by atoms with van der Waals surface area (Å²) in [6.45, 7) is 0. The number of carbonyl (C=O) groups excluding carboxylic acids is 1. The highest BCUT2D eigenvalue weighted by atomic mass is 16.5. The number of nitrogens with one attached hydrogen (secondary N) is 1. The Hall–Kier alpha value is -3.87. The van der Waals surface area contributed by atoms with Crippen LogP contribution in [0.4, 0.5) is 11.4 Å². The van der Waals surface area contributed by atoms with Crippen LogP contribution in [0.5, 0.6) is 23.0 Å². The zero-order valence-corrected chi connectivity index (χ0v) is 15.5. The topological polar surface area (TPSA) is 114 Å². The Bertz CT molecular complexity index is 944. The van der Waals surface area contributed by atoms with Crippen molar-refractivity contribution in [1.29, 1.82) is 0 Å². The molecule has 0 fully saturated rings. The summed E-state index contributed by atoms with van der Waals surface area (Å²) in [6, 6.07) is 18.0. The van der Waals surface area contributed by atoms with Crippen LogP contribution in [0.15, 0.2) is 66.7 Å². The molecular weight excluding hydrogens is 360 g/mol. The van der Waals surface area contributed by atoms with Crippen molar-refractivity contribution in [3.8, 4) is 23.0 Å². The lowest BCUT2D eigenvalue weighted by Crippen LogP contribution is -2.11. The molecule has 3 rings (SSSR count). The van der Waals surface area contributed by atoms with E-state index in [9.17, 15) is 9.90 Å². The van der Waals surface area contributed by atoms with E-state index >= 15 is 0 Å². The van der Waals surface area contributed by atoms with E-state index in [4.69, 9.17) is 20.3 Å². The van der Waals surface area contributed by atoms with Gasteiger partial charge in [0.25, 0.3) is 5.91 Å². The van der Waals surface area contributed by atoms with Crippen molar-refractivity contribution >= 4 is 17.3 Å². The van der Waals surface area contributed by atoms with Gasteiger partial charge in [-0.15, -0.1) is 0 Å². The third kappa shape index (κ3) is 5.84. The molecule has 0 saturated carbocycles. The van der Waals surface area contributed by atoms with Crippen molar-refractivity contribution in [1.82, 2.24) is 0 Å². The highest BCUT2D eigenvalue weighted by Gasteiger charge is 2.12. The van der Waals surface area contributed by atoms with E-state index in [1.807, 2.05) is 18.2 Å². The predicted octanol–water partition coefficient (Wildman–Crippen LogP) is 3.64. The number of rotatable bonds is 4. The van der Waals surface area contributed by atoms with Gasteiger partial charge in [-0.25, -0.2) is 0 Å². The molecule has 0 saturated heterocycles. The number of phenols is 2. The minimum absolute atomic E-state index is 0.0839. The van der Waals surface area contributed by atoms with Crippen LogP contribution in [0, 0.1) is 0 Å². The van der Waals surface area contributed by atoms with Crippen LogP contribution in [0.25, 0.3) is 0 Å². The summed E-state index contributed by atoms with van der Waals surface area (Å²) in [4.78, 5) is 12.0. The van der Waals surface area contributed by atoms with Crippen LogP contribution in [0.1, 0.15) is 10.4 Å². The third-order valence-electron chi connectivity index (χ3n) is 3.65. The number of nitrogen functional groups attached to an aromatic ring is 1. The lowest BCUT2D eigenvalue weighted by atomic mass is 10.1. The molecule has 5 N–H and O–H groups in total. The molecule has 0 spiro atoms. The van der Waals surface area contributed by atoms with Gasteiger partial charge in [0, 0.05) is 29.6 Å². The second-order valence-electron chi connectivity index (χ2n) is 5.66. The fourth-order valence-electron chi connectivity index (χ4n) is 2.25. The first kappa shape index (κ1) is 20.4. The van der Waals surface area contributed by atoms with Crippen molar-refractivity contribution in [2.75, 3.05) is 25.3 Å². The lowest BCUT2D eigenvalue weighted by Gasteiger charge is -2.08. The summed E-state index contributed by atoms with van der Waals surface area (Å²) in [5, 5.41) is 21.4. The number of ether oxygens (including phenoxy) is 2. The normalized spacial score (nSPS) is 9.64. The molecule has 3 aromatic carbocycles. The summed E-state index contributed by atoms with van der Waals surface area (Å²) in [5.41, 5.74) is 6.82. The van der Waals surface area contributed by atoms with Gasteiger partial charge in [0.2, 0.25) is 0 Å². The Kier molecular flexibility index (Phi) is 7.10. The maximum absolute atomic E-state index is 12.0. The first-order chi connectivity index (χ1) is 13.4. The maximum Gasteiger partial charge on any atom is 0.259 e. The molecule has 0 heterocycles. The molecule has 0 radical (unpaired) electrons. The number of aromatic hydroxyl groups is 2. The number of benzene rings is 3. The number of phenolic OH excluding ortho intramolecular Hbond substituents is 2. The Morgan fingerprint density at radius 2 is 1.54 bits per heavy atom. The van der Waals surface area contributed by atoms with Gasteiger partial charge in [-0.1, -0.05) is 12.1 Å². The maximum atomic E-state index is 12.0. The van der Waals surface area contributed by atoms with Crippen molar-refractivity contribution in [2.45, 2.75) is 0 Å². The predicted molar refractivity (Wildman–Crippen MR) is 108 cm³/mol. The van der Waals surface area contributed by atoms with Crippen LogP contribution in [0.2, 0.25) is 0 Å². The van der Waals surface area contributed by atoms with Crippen LogP contribution < -0.4 is 20.5 Å². The number of nitrogens with two attached hydrogens (primary N) is 1. The molecule has 1 amide bonds. The van der Waals surface area contributed by atoms with E-state index < -0.39 is 5.91 Å². The fraction of sp³-hybridized carbons (Fsp3) is 0.0952. The van der Waals surface area contributed by atoms with Crippen LogP contribution >= 0.6 is 0 Å². The summed E-state index contributed by atoms with van der Waals surface area (Å²) in [6.07, 6.45) is 0. The molecule has 0 aliphatic heterocycles. The summed E-state index contributed by atoms with van der Waals surface area (Å²) >= 11 is 0. The smallest absolute Gasteiger partial charge is 0.259 e. The monoisotopic (exact) mass is 382 g/mol. The molecule has 0 atom stereocenters. The minimum Gasteiger partial charge on any atom is -0.508 e.